The van der Waals surface area contributed by atoms with E-state index in [9.17, 15) is 4.79 Å². The summed E-state index contributed by atoms with van der Waals surface area (Å²) in [7, 11) is 0. The van der Waals surface area contributed by atoms with Gasteiger partial charge < -0.3 is 19.8 Å². The van der Waals surface area contributed by atoms with Gasteiger partial charge >= 0.3 is 0 Å². The van der Waals surface area contributed by atoms with Crippen LogP contribution in [0.1, 0.15) is 27.3 Å². The number of para-hydroxylation sites is 1. The van der Waals surface area contributed by atoms with Gasteiger partial charge in [0, 0.05) is 41.7 Å². The SMILES string of the molecule is O=C1NCCc2[nH]c(-c3ccnc(C=Cc4cccc5c4OCO5)c3)cc21. The highest BCUT2D eigenvalue weighted by molar-refractivity contribution is 5.97. The molecular formula is C21H17N3O3. The van der Waals surface area contributed by atoms with Crippen molar-refractivity contribution >= 4 is 18.1 Å². The molecule has 0 aliphatic carbocycles. The number of nitrogens with zero attached hydrogens (tertiary/aromatic N) is 1. The molecule has 0 unspecified atom stereocenters. The lowest BCUT2D eigenvalue weighted by molar-refractivity contribution is 0.0946. The second-order valence-electron chi connectivity index (χ2n) is 6.46. The Balaban J connectivity index is 1.45. The number of benzene rings is 1. The number of hydrogen-bond donors (Lipinski definition) is 2. The topological polar surface area (TPSA) is 76.2 Å². The first-order valence-corrected chi connectivity index (χ1v) is 8.81. The van der Waals surface area contributed by atoms with Crippen LogP contribution < -0.4 is 14.8 Å². The van der Waals surface area contributed by atoms with Crippen LogP contribution in [0.15, 0.2) is 42.6 Å². The first kappa shape index (κ1) is 15.7. The quantitative estimate of drug-likeness (QED) is 0.753. The zero-order valence-electron chi connectivity index (χ0n) is 14.5. The van der Waals surface area contributed by atoms with Crippen molar-refractivity contribution in [1.82, 2.24) is 15.3 Å². The van der Waals surface area contributed by atoms with E-state index < -0.39 is 0 Å². The Hall–Kier alpha value is -3.54. The van der Waals surface area contributed by atoms with E-state index >= 15 is 0 Å². The van der Waals surface area contributed by atoms with E-state index in [1.54, 1.807) is 6.20 Å². The third-order valence-corrected chi connectivity index (χ3v) is 4.76. The van der Waals surface area contributed by atoms with Gasteiger partial charge in [-0.3, -0.25) is 9.78 Å². The minimum absolute atomic E-state index is 0.0203. The zero-order valence-corrected chi connectivity index (χ0v) is 14.5. The molecule has 5 rings (SSSR count). The van der Waals surface area contributed by atoms with Gasteiger partial charge in [-0.1, -0.05) is 12.1 Å². The van der Waals surface area contributed by atoms with Crippen LogP contribution in [0, 0.1) is 0 Å². The molecule has 134 valence electrons. The molecule has 27 heavy (non-hydrogen) atoms. The minimum Gasteiger partial charge on any atom is -0.454 e. The lowest BCUT2D eigenvalue weighted by Gasteiger charge is -2.10. The Morgan fingerprint density at radius 2 is 2.07 bits per heavy atom. The summed E-state index contributed by atoms with van der Waals surface area (Å²) in [5, 5.41) is 2.87. The summed E-state index contributed by atoms with van der Waals surface area (Å²) in [6, 6.07) is 11.6. The van der Waals surface area contributed by atoms with Gasteiger partial charge in [0.1, 0.15) is 0 Å². The number of aromatic amines is 1. The van der Waals surface area contributed by atoms with E-state index in [4.69, 9.17) is 9.47 Å². The number of hydrogen-bond acceptors (Lipinski definition) is 4. The number of aromatic nitrogens is 2. The van der Waals surface area contributed by atoms with Gasteiger partial charge in [-0.15, -0.1) is 0 Å². The van der Waals surface area contributed by atoms with Crippen LogP contribution in [0.25, 0.3) is 23.4 Å². The van der Waals surface area contributed by atoms with Crippen LogP contribution in [-0.4, -0.2) is 29.2 Å². The molecule has 3 aromatic rings. The summed E-state index contributed by atoms with van der Waals surface area (Å²) in [5.74, 6) is 1.50. The van der Waals surface area contributed by atoms with Crippen molar-refractivity contribution in [2.75, 3.05) is 13.3 Å². The first-order valence-electron chi connectivity index (χ1n) is 8.81. The Morgan fingerprint density at radius 1 is 1.11 bits per heavy atom. The normalized spacial score (nSPS) is 15.0. The summed E-state index contributed by atoms with van der Waals surface area (Å²) in [5.41, 5.74) is 5.39. The largest absolute Gasteiger partial charge is 0.454 e. The highest BCUT2D eigenvalue weighted by atomic mass is 16.7. The third-order valence-electron chi connectivity index (χ3n) is 4.76. The third kappa shape index (κ3) is 2.85. The molecule has 2 aliphatic rings. The van der Waals surface area contributed by atoms with Crippen molar-refractivity contribution in [3.05, 3.63) is 65.1 Å². The number of H-pyrrole nitrogens is 1. The molecule has 2 N–H and O–H groups in total. The smallest absolute Gasteiger partial charge is 0.253 e. The maximum Gasteiger partial charge on any atom is 0.253 e. The fourth-order valence-corrected chi connectivity index (χ4v) is 3.42. The summed E-state index contributed by atoms with van der Waals surface area (Å²) >= 11 is 0. The molecule has 6 nitrogen and oxygen atoms in total. The standard InChI is InChI=1S/C21H17N3O3/c25-21-16-11-18(24-17(16)7-9-23-21)14-6-8-22-15(10-14)5-4-13-2-1-3-19-20(13)27-12-26-19/h1-6,8,10-11,24H,7,9,12H2,(H,23,25). The van der Waals surface area contributed by atoms with Gasteiger partial charge in [0.25, 0.3) is 5.91 Å². The van der Waals surface area contributed by atoms with Crippen molar-refractivity contribution in [2.24, 2.45) is 0 Å². The summed E-state index contributed by atoms with van der Waals surface area (Å²) < 4.78 is 10.9. The minimum atomic E-state index is -0.0203. The molecule has 6 heteroatoms. The number of ether oxygens (including phenoxy) is 2. The van der Waals surface area contributed by atoms with Crippen molar-refractivity contribution in [1.29, 1.82) is 0 Å². The molecule has 0 spiro atoms. The fraction of sp³-hybridized carbons (Fsp3) is 0.143. The average Bonchev–Trinajstić information content (AvgIpc) is 3.34. The Labute approximate surface area is 155 Å². The predicted octanol–water partition coefficient (Wildman–Crippen LogP) is 3.26. The molecule has 2 aromatic heterocycles. The van der Waals surface area contributed by atoms with E-state index in [0.29, 0.717) is 6.54 Å². The zero-order chi connectivity index (χ0) is 18.2. The number of carbonyl (C=O) groups is 1. The predicted molar refractivity (Wildman–Crippen MR) is 102 cm³/mol. The maximum atomic E-state index is 12.0. The molecule has 4 heterocycles. The van der Waals surface area contributed by atoms with Gasteiger partial charge in [-0.2, -0.15) is 0 Å². The van der Waals surface area contributed by atoms with Gasteiger partial charge in [0.15, 0.2) is 11.5 Å². The van der Waals surface area contributed by atoms with Gasteiger partial charge in [0.2, 0.25) is 6.79 Å². The van der Waals surface area contributed by atoms with Crippen molar-refractivity contribution in [3.8, 4) is 22.8 Å². The second kappa shape index (κ2) is 6.32. The lowest BCUT2D eigenvalue weighted by atomic mass is 10.1. The van der Waals surface area contributed by atoms with Crippen LogP contribution in [-0.2, 0) is 6.42 Å². The summed E-state index contributed by atoms with van der Waals surface area (Å²) in [6.07, 6.45) is 6.49. The fourth-order valence-electron chi connectivity index (χ4n) is 3.42. The Morgan fingerprint density at radius 3 is 3.00 bits per heavy atom. The molecule has 0 saturated carbocycles. The van der Waals surface area contributed by atoms with E-state index in [2.05, 4.69) is 15.3 Å². The maximum absolute atomic E-state index is 12.0. The monoisotopic (exact) mass is 359 g/mol. The first-order chi connectivity index (χ1) is 13.3. The van der Waals surface area contributed by atoms with Crippen LogP contribution in [0.2, 0.25) is 0 Å². The van der Waals surface area contributed by atoms with Gasteiger partial charge in [-0.05, 0) is 36.4 Å². The van der Waals surface area contributed by atoms with Crippen molar-refractivity contribution < 1.29 is 14.3 Å². The molecule has 1 aromatic carbocycles. The highest BCUT2D eigenvalue weighted by Crippen LogP contribution is 2.36. The summed E-state index contributed by atoms with van der Waals surface area (Å²) in [4.78, 5) is 19.8. The molecule has 0 atom stereocenters. The van der Waals surface area contributed by atoms with Gasteiger partial charge in [-0.25, -0.2) is 0 Å². The lowest BCUT2D eigenvalue weighted by Crippen LogP contribution is -2.31. The van der Waals surface area contributed by atoms with Crippen molar-refractivity contribution in [3.63, 3.8) is 0 Å². The van der Waals surface area contributed by atoms with E-state index in [1.807, 2.05) is 48.6 Å². The second-order valence-corrected chi connectivity index (χ2v) is 6.46. The molecule has 0 radical (unpaired) electrons. The number of fused-ring (bicyclic) bond motifs is 2. The van der Waals surface area contributed by atoms with E-state index in [0.717, 1.165) is 51.7 Å². The number of nitrogens with one attached hydrogen (secondary N) is 2. The Bertz CT molecular complexity index is 1070. The van der Waals surface area contributed by atoms with Crippen LogP contribution >= 0.6 is 0 Å². The molecule has 2 aliphatic heterocycles. The van der Waals surface area contributed by atoms with Gasteiger partial charge in [0.05, 0.1) is 11.3 Å². The molecule has 0 fully saturated rings. The van der Waals surface area contributed by atoms with Crippen LogP contribution in [0.5, 0.6) is 11.5 Å². The van der Waals surface area contributed by atoms with Crippen LogP contribution in [0.4, 0.5) is 0 Å². The molecule has 0 saturated heterocycles. The molecular weight excluding hydrogens is 342 g/mol. The van der Waals surface area contributed by atoms with E-state index in [1.165, 1.54) is 0 Å². The highest BCUT2D eigenvalue weighted by Gasteiger charge is 2.20. The number of amides is 1. The van der Waals surface area contributed by atoms with Crippen molar-refractivity contribution in [2.45, 2.75) is 6.42 Å². The molecule has 1 amide bonds. The molecule has 0 bridgehead atoms. The van der Waals surface area contributed by atoms with Crippen LogP contribution in [0.3, 0.4) is 0 Å². The Kier molecular flexibility index (Phi) is 3.67. The average molecular weight is 359 g/mol. The number of rotatable bonds is 3. The van der Waals surface area contributed by atoms with E-state index in [-0.39, 0.29) is 12.7 Å². The summed E-state index contributed by atoms with van der Waals surface area (Å²) in [6.45, 7) is 0.919. The number of carbonyl (C=O) groups excluding carboxylic acids is 1. The number of pyridine rings is 1.